The highest BCUT2D eigenvalue weighted by Crippen LogP contribution is 2.01. The zero-order valence-corrected chi connectivity index (χ0v) is 7.65. The first-order valence-electron chi connectivity index (χ1n) is 4.18. The predicted molar refractivity (Wildman–Crippen MR) is 46.3 cm³/mol. The Morgan fingerprint density at radius 2 is 1.90 bits per heavy atom. The third kappa shape index (κ3) is 3.18. The van der Waals surface area contributed by atoms with E-state index < -0.39 is 0 Å². The number of nitrogens with zero attached hydrogens (tertiary/aromatic N) is 1. The number of rotatable bonds is 1. The Kier molecular flexibility index (Phi) is 5.64. The normalized spacial score (nSPS) is 24.3. The van der Waals surface area contributed by atoms with Gasteiger partial charge in [0.1, 0.15) is 0 Å². The predicted octanol–water partition coefficient (Wildman–Crippen LogP) is 0.936. The molecule has 0 aliphatic carbocycles. The Balaban J connectivity index is 0.000000371. The molecule has 2 heteroatoms. The van der Waals surface area contributed by atoms with Crippen molar-refractivity contribution >= 4 is 0 Å². The van der Waals surface area contributed by atoms with Crippen LogP contribution in [-0.4, -0.2) is 38.1 Å². The fourth-order valence-corrected chi connectivity index (χ4v) is 1.08. The molecule has 0 bridgehead atoms. The summed E-state index contributed by atoms with van der Waals surface area (Å²) in [7, 11) is 4.27. The lowest BCUT2D eigenvalue weighted by atomic mass is 10.2. The zero-order chi connectivity index (χ0) is 7.98. The monoisotopic (exact) mass is 144 g/mol. The summed E-state index contributed by atoms with van der Waals surface area (Å²) >= 11 is 0. The number of hydrogen-bond acceptors (Lipinski definition) is 2. The highest BCUT2D eigenvalue weighted by atomic mass is 15.1. The molecule has 0 amide bonds. The minimum Gasteiger partial charge on any atom is -0.315 e. The van der Waals surface area contributed by atoms with Gasteiger partial charge in [-0.25, -0.2) is 0 Å². The van der Waals surface area contributed by atoms with Crippen LogP contribution in [0.1, 0.15) is 20.3 Å². The third-order valence-corrected chi connectivity index (χ3v) is 1.76. The second-order valence-corrected chi connectivity index (χ2v) is 2.61. The molecule has 1 heterocycles. The van der Waals surface area contributed by atoms with Gasteiger partial charge in [0, 0.05) is 12.6 Å². The van der Waals surface area contributed by atoms with Crippen LogP contribution in [0.3, 0.4) is 0 Å². The molecule has 0 aromatic rings. The van der Waals surface area contributed by atoms with Crippen LogP contribution in [0, 0.1) is 0 Å². The van der Waals surface area contributed by atoms with Gasteiger partial charge in [-0.05, 0) is 27.1 Å². The molecule has 0 saturated carbocycles. The molecule has 0 unspecified atom stereocenters. The zero-order valence-electron chi connectivity index (χ0n) is 7.65. The fraction of sp³-hybridized carbons (Fsp3) is 1.00. The minimum atomic E-state index is 0.787. The van der Waals surface area contributed by atoms with E-state index in [0.29, 0.717) is 0 Å². The van der Waals surface area contributed by atoms with Gasteiger partial charge in [0.05, 0.1) is 0 Å². The molecule has 1 aliphatic heterocycles. The van der Waals surface area contributed by atoms with E-state index in [1.54, 1.807) is 0 Å². The van der Waals surface area contributed by atoms with E-state index >= 15 is 0 Å². The molecule has 1 fully saturated rings. The van der Waals surface area contributed by atoms with Crippen molar-refractivity contribution in [2.24, 2.45) is 0 Å². The van der Waals surface area contributed by atoms with Gasteiger partial charge in [0.15, 0.2) is 0 Å². The summed E-state index contributed by atoms with van der Waals surface area (Å²) in [5, 5.41) is 3.31. The molecule has 1 atom stereocenters. The molecule has 0 spiro atoms. The van der Waals surface area contributed by atoms with Gasteiger partial charge in [-0.2, -0.15) is 0 Å². The highest BCUT2D eigenvalue weighted by molar-refractivity contribution is 4.76. The van der Waals surface area contributed by atoms with Crippen LogP contribution in [0.15, 0.2) is 0 Å². The largest absolute Gasteiger partial charge is 0.315 e. The average Bonchev–Trinajstić information content (AvgIpc) is 2.42. The molecule has 1 N–H and O–H groups in total. The first-order valence-corrected chi connectivity index (χ1v) is 4.18. The second-order valence-electron chi connectivity index (χ2n) is 2.61. The Labute approximate surface area is 64.6 Å². The van der Waals surface area contributed by atoms with E-state index in [0.717, 1.165) is 6.04 Å². The van der Waals surface area contributed by atoms with Gasteiger partial charge in [-0.1, -0.05) is 13.8 Å². The van der Waals surface area contributed by atoms with Gasteiger partial charge in [-0.15, -0.1) is 0 Å². The molecule has 1 saturated heterocycles. The molecule has 10 heavy (non-hydrogen) atoms. The minimum absolute atomic E-state index is 0.787. The molecule has 0 radical (unpaired) electrons. The Bertz CT molecular complexity index is 65.7. The quantitative estimate of drug-likeness (QED) is 0.589. The highest BCUT2D eigenvalue weighted by Gasteiger charge is 2.14. The number of hydrogen-bond donors (Lipinski definition) is 1. The Hall–Kier alpha value is -0.0800. The van der Waals surface area contributed by atoms with Crippen molar-refractivity contribution in [1.82, 2.24) is 10.2 Å². The standard InChI is InChI=1S/C6H14N2.C2H6/c1-8(2)6-3-4-7-5-6;1-2/h6-7H,3-5H2,1-2H3;1-2H3/t6-;/m1./s1. The lowest BCUT2D eigenvalue weighted by Gasteiger charge is -2.16. The summed E-state index contributed by atoms with van der Waals surface area (Å²) in [6.07, 6.45) is 1.31. The summed E-state index contributed by atoms with van der Waals surface area (Å²) in [5.74, 6) is 0. The first-order chi connectivity index (χ1) is 4.80. The molecule has 2 nitrogen and oxygen atoms in total. The summed E-state index contributed by atoms with van der Waals surface area (Å²) in [6.45, 7) is 6.37. The number of nitrogens with one attached hydrogen (secondary N) is 1. The van der Waals surface area contributed by atoms with Gasteiger partial charge >= 0.3 is 0 Å². The summed E-state index contributed by atoms with van der Waals surface area (Å²) in [6, 6.07) is 0.787. The van der Waals surface area contributed by atoms with E-state index in [1.807, 2.05) is 13.8 Å². The maximum Gasteiger partial charge on any atom is 0.0226 e. The smallest absolute Gasteiger partial charge is 0.0226 e. The first kappa shape index (κ1) is 9.92. The van der Waals surface area contributed by atoms with Crippen molar-refractivity contribution < 1.29 is 0 Å². The van der Waals surface area contributed by atoms with Crippen LogP contribution in [0.25, 0.3) is 0 Å². The summed E-state index contributed by atoms with van der Waals surface area (Å²) in [5.41, 5.74) is 0. The topological polar surface area (TPSA) is 15.3 Å². The maximum atomic E-state index is 3.31. The van der Waals surface area contributed by atoms with Crippen LogP contribution < -0.4 is 5.32 Å². The van der Waals surface area contributed by atoms with Gasteiger partial charge in [0.25, 0.3) is 0 Å². The second kappa shape index (κ2) is 5.69. The Morgan fingerprint density at radius 3 is 2.10 bits per heavy atom. The SMILES string of the molecule is CC.CN(C)[C@@H]1CCNC1. The summed E-state index contributed by atoms with van der Waals surface area (Å²) < 4.78 is 0. The van der Waals surface area contributed by atoms with Crippen molar-refractivity contribution in [3.8, 4) is 0 Å². The third-order valence-electron chi connectivity index (χ3n) is 1.76. The molecular formula is C8H20N2. The molecule has 1 rings (SSSR count). The Morgan fingerprint density at radius 1 is 1.30 bits per heavy atom. The van der Waals surface area contributed by atoms with Crippen LogP contribution in [0.2, 0.25) is 0 Å². The van der Waals surface area contributed by atoms with Crippen LogP contribution in [0.4, 0.5) is 0 Å². The average molecular weight is 144 g/mol. The molecule has 0 aromatic heterocycles. The van der Waals surface area contributed by atoms with Gasteiger partial charge < -0.3 is 10.2 Å². The molecule has 62 valence electrons. The van der Waals surface area contributed by atoms with E-state index in [1.165, 1.54) is 19.5 Å². The van der Waals surface area contributed by atoms with Crippen molar-refractivity contribution in [2.45, 2.75) is 26.3 Å². The van der Waals surface area contributed by atoms with Crippen LogP contribution >= 0.6 is 0 Å². The van der Waals surface area contributed by atoms with Crippen LogP contribution in [0.5, 0.6) is 0 Å². The van der Waals surface area contributed by atoms with Crippen molar-refractivity contribution in [3.63, 3.8) is 0 Å². The van der Waals surface area contributed by atoms with Gasteiger partial charge in [0.2, 0.25) is 0 Å². The lowest BCUT2D eigenvalue weighted by Crippen LogP contribution is -2.29. The fourth-order valence-electron chi connectivity index (χ4n) is 1.08. The van der Waals surface area contributed by atoms with E-state index in [4.69, 9.17) is 0 Å². The van der Waals surface area contributed by atoms with E-state index in [-0.39, 0.29) is 0 Å². The maximum absolute atomic E-state index is 3.31. The molecule has 0 aromatic carbocycles. The molecule has 1 aliphatic rings. The van der Waals surface area contributed by atoms with Crippen LogP contribution in [-0.2, 0) is 0 Å². The lowest BCUT2D eigenvalue weighted by molar-refractivity contribution is 0.313. The number of likely N-dealkylation sites (N-methyl/N-ethyl adjacent to an activating group) is 1. The van der Waals surface area contributed by atoms with E-state index in [2.05, 4.69) is 24.3 Å². The summed E-state index contributed by atoms with van der Waals surface area (Å²) in [4.78, 5) is 2.28. The van der Waals surface area contributed by atoms with Crippen molar-refractivity contribution in [1.29, 1.82) is 0 Å². The van der Waals surface area contributed by atoms with Crippen molar-refractivity contribution in [2.75, 3.05) is 27.2 Å². The van der Waals surface area contributed by atoms with E-state index in [9.17, 15) is 0 Å². The molecular weight excluding hydrogens is 124 g/mol. The van der Waals surface area contributed by atoms with Gasteiger partial charge in [-0.3, -0.25) is 0 Å². The van der Waals surface area contributed by atoms with Crippen molar-refractivity contribution in [3.05, 3.63) is 0 Å².